The number of hydrogen-bond acceptors (Lipinski definition) is 7. The molecule has 1 aromatic heterocycles. The molecule has 4 N–H and O–H groups in total. The molecule has 9 nitrogen and oxygen atoms in total. The molecule has 2 heterocycles. The first-order valence-corrected chi connectivity index (χ1v) is 10.8. The Morgan fingerprint density at radius 2 is 1.46 bits per heavy atom. The van der Waals surface area contributed by atoms with E-state index in [2.05, 4.69) is 20.9 Å². The lowest BCUT2D eigenvalue weighted by Gasteiger charge is -2.21. The maximum Gasteiger partial charge on any atom is 0.251 e. The number of methoxy groups -OCH3 is 1. The molecule has 0 bridgehead atoms. The summed E-state index contributed by atoms with van der Waals surface area (Å²) >= 11 is 0. The summed E-state index contributed by atoms with van der Waals surface area (Å²) in [5.41, 5.74) is 0.333. The van der Waals surface area contributed by atoms with Crippen molar-refractivity contribution >= 4 is 17.6 Å². The van der Waals surface area contributed by atoms with Crippen molar-refractivity contribution in [1.29, 1.82) is 0 Å². The molecule has 1 aliphatic rings. The summed E-state index contributed by atoms with van der Waals surface area (Å²) < 4.78 is 19.4. The molecule has 0 aliphatic carbocycles. The average molecular weight is 478 g/mol. The second-order valence-electron chi connectivity index (χ2n) is 7.94. The number of rotatable bonds is 7. The summed E-state index contributed by atoms with van der Waals surface area (Å²) in [5.74, 6) is -3.05. The van der Waals surface area contributed by atoms with Gasteiger partial charge in [-0.1, -0.05) is 12.1 Å². The fraction of sp³-hybridized carbons (Fsp3) is 0.200. The number of hydrogen-bond donors (Lipinski definition) is 4. The zero-order valence-corrected chi connectivity index (χ0v) is 18.7. The normalized spacial score (nSPS) is 17.0. The van der Waals surface area contributed by atoms with Crippen LogP contribution in [0, 0.1) is 5.82 Å². The van der Waals surface area contributed by atoms with Crippen LogP contribution < -0.4 is 20.7 Å². The van der Waals surface area contributed by atoms with Crippen LogP contribution in [0.15, 0.2) is 60.9 Å². The van der Waals surface area contributed by atoms with Crippen LogP contribution in [0.4, 0.5) is 4.39 Å². The molecular formula is C25H23FN4O5. The van der Waals surface area contributed by atoms with Crippen LogP contribution in [0.3, 0.4) is 0 Å². The lowest BCUT2D eigenvalue weighted by atomic mass is 10.00. The summed E-state index contributed by atoms with van der Waals surface area (Å²) in [5, 5.41) is 18.9. The van der Waals surface area contributed by atoms with Gasteiger partial charge >= 0.3 is 0 Å². The smallest absolute Gasteiger partial charge is 0.251 e. The Hall–Kier alpha value is -4.31. The van der Waals surface area contributed by atoms with Gasteiger partial charge < -0.3 is 25.8 Å². The maximum absolute atomic E-state index is 14.5. The molecule has 0 spiro atoms. The van der Waals surface area contributed by atoms with Crippen molar-refractivity contribution in [3.8, 4) is 11.5 Å². The Balaban J connectivity index is 1.43. The molecule has 1 aliphatic heterocycles. The molecule has 1 saturated heterocycles. The van der Waals surface area contributed by atoms with E-state index < -0.39 is 28.8 Å². The number of nitrogens with one attached hydrogen (secondary N) is 3. The first kappa shape index (κ1) is 23.8. The predicted octanol–water partition coefficient (Wildman–Crippen LogP) is 1.67. The predicted molar refractivity (Wildman–Crippen MR) is 124 cm³/mol. The third-order valence-corrected chi connectivity index (χ3v) is 5.73. The number of benzene rings is 2. The highest BCUT2D eigenvalue weighted by Gasteiger charge is 2.30. The van der Waals surface area contributed by atoms with E-state index in [-0.39, 0.29) is 34.9 Å². The summed E-state index contributed by atoms with van der Waals surface area (Å²) in [4.78, 5) is 41.9. The minimum Gasteiger partial charge on any atom is -0.507 e. The molecule has 180 valence electrons. The van der Waals surface area contributed by atoms with Gasteiger partial charge in [0.1, 0.15) is 11.3 Å². The van der Waals surface area contributed by atoms with Gasteiger partial charge in [-0.3, -0.25) is 19.4 Å². The van der Waals surface area contributed by atoms with Crippen molar-refractivity contribution in [2.24, 2.45) is 0 Å². The number of aromatic nitrogens is 1. The molecule has 0 radical (unpaired) electrons. The third kappa shape index (κ3) is 5.12. The van der Waals surface area contributed by atoms with Crippen LogP contribution in [0.2, 0.25) is 0 Å². The molecule has 3 aromatic rings. The van der Waals surface area contributed by atoms with E-state index in [9.17, 15) is 23.9 Å². The third-order valence-electron chi connectivity index (χ3n) is 5.73. The molecule has 2 atom stereocenters. The second-order valence-corrected chi connectivity index (χ2v) is 7.94. The van der Waals surface area contributed by atoms with Gasteiger partial charge in [0.2, 0.25) is 0 Å². The SMILES string of the molecule is COc1ccc(O)c(C(=O)c2ccc(C(=O)N[C@H]3CNC[C@H]3NC(=O)c3ccncc3)cc2)c1F. The van der Waals surface area contributed by atoms with E-state index >= 15 is 0 Å². The number of ketones is 1. The lowest BCUT2D eigenvalue weighted by Crippen LogP contribution is -2.51. The number of nitrogens with zero attached hydrogens (tertiary/aromatic N) is 1. The first-order valence-electron chi connectivity index (χ1n) is 10.8. The second kappa shape index (κ2) is 10.3. The van der Waals surface area contributed by atoms with Crippen LogP contribution in [0.5, 0.6) is 11.5 Å². The van der Waals surface area contributed by atoms with E-state index in [1.165, 1.54) is 55.9 Å². The Morgan fingerprint density at radius 1 is 0.914 bits per heavy atom. The van der Waals surface area contributed by atoms with E-state index in [1.807, 2.05) is 0 Å². The quantitative estimate of drug-likeness (QED) is 0.380. The summed E-state index contributed by atoms with van der Waals surface area (Å²) in [6.45, 7) is 0.961. The van der Waals surface area contributed by atoms with Gasteiger partial charge in [0.25, 0.3) is 11.8 Å². The van der Waals surface area contributed by atoms with E-state index in [0.717, 1.165) is 0 Å². The van der Waals surface area contributed by atoms with Crippen LogP contribution >= 0.6 is 0 Å². The number of carbonyl (C=O) groups is 3. The molecule has 1 fully saturated rings. The van der Waals surface area contributed by atoms with Crippen molar-refractivity contribution in [2.75, 3.05) is 20.2 Å². The number of phenols is 1. The number of aromatic hydroxyl groups is 1. The Kier molecular flexibility index (Phi) is 7.02. The van der Waals surface area contributed by atoms with E-state index in [0.29, 0.717) is 18.7 Å². The van der Waals surface area contributed by atoms with E-state index in [1.54, 1.807) is 12.1 Å². The minimum absolute atomic E-state index is 0.0917. The topological polar surface area (TPSA) is 130 Å². The molecule has 0 saturated carbocycles. The first-order chi connectivity index (χ1) is 16.9. The Morgan fingerprint density at radius 3 is 2.03 bits per heavy atom. The van der Waals surface area contributed by atoms with Gasteiger partial charge in [-0.05, 0) is 36.4 Å². The summed E-state index contributed by atoms with van der Waals surface area (Å²) in [6, 6.07) is 10.6. The van der Waals surface area contributed by atoms with E-state index in [4.69, 9.17) is 4.74 Å². The van der Waals surface area contributed by atoms with Gasteiger partial charge in [0.05, 0.1) is 19.2 Å². The number of carbonyl (C=O) groups excluding carboxylic acids is 3. The van der Waals surface area contributed by atoms with Crippen LogP contribution in [-0.2, 0) is 0 Å². The van der Waals surface area contributed by atoms with Gasteiger partial charge in [0.15, 0.2) is 17.3 Å². The molecule has 2 aromatic carbocycles. The van der Waals surface area contributed by atoms with Crippen molar-refractivity contribution in [2.45, 2.75) is 12.1 Å². The number of phenolic OH excluding ortho intramolecular Hbond substituents is 1. The maximum atomic E-state index is 14.5. The monoisotopic (exact) mass is 478 g/mol. The molecule has 0 unspecified atom stereocenters. The zero-order chi connectivity index (χ0) is 24.9. The fourth-order valence-corrected chi connectivity index (χ4v) is 3.83. The number of pyridine rings is 1. The number of amides is 2. The standard InChI is InChI=1S/C25H23FN4O5/c1-35-20-7-6-19(31)21(22(20)26)23(32)14-2-4-15(5-3-14)24(33)29-17-12-28-13-18(17)30-25(34)16-8-10-27-11-9-16/h2-11,17-18,28,31H,12-13H2,1H3,(H,29,33)(H,30,34)/t17-,18+/m0/s1. The summed E-state index contributed by atoms with van der Waals surface area (Å²) in [7, 11) is 1.26. The molecular weight excluding hydrogens is 455 g/mol. The van der Waals surface area contributed by atoms with Gasteiger partial charge in [0, 0.05) is 42.2 Å². The van der Waals surface area contributed by atoms with Crippen LogP contribution in [0.1, 0.15) is 36.6 Å². The van der Waals surface area contributed by atoms with Crippen LogP contribution in [0.25, 0.3) is 0 Å². The zero-order valence-electron chi connectivity index (χ0n) is 18.7. The van der Waals surface area contributed by atoms with Crippen molar-refractivity contribution < 1.29 is 28.6 Å². The van der Waals surface area contributed by atoms with Crippen molar-refractivity contribution in [3.63, 3.8) is 0 Å². The van der Waals surface area contributed by atoms with Gasteiger partial charge in [-0.2, -0.15) is 0 Å². The van der Waals surface area contributed by atoms with Gasteiger partial charge in [-0.25, -0.2) is 4.39 Å². The highest BCUT2D eigenvalue weighted by atomic mass is 19.1. The van der Waals surface area contributed by atoms with Crippen molar-refractivity contribution in [3.05, 3.63) is 89.0 Å². The molecule has 35 heavy (non-hydrogen) atoms. The Labute approximate surface area is 200 Å². The largest absolute Gasteiger partial charge is 0.507 e. The lowest BCUT2D eigenvalue weighted by molar-refractivity contribution is 0.0896. The number of ether oxygens (including phenoxy) is 1. The summed E-state index contributed by atoms with van der Waals surface area (Å²) in [6.07, 6.45) is 3.05. The van der Waals surface area contributed by atoms with Gasteiger partial charge in [-0.15, -0.1) is 0 Å². The highest BCUT2D eigenvalue weighted by Crippen LogP contribution is 2.30. The highest BCUT2D eigenvalue weighted by molar-refractivity contribution is 6.11. The molecule has 4 rings (SSSR count). The van der Waals surface area contributed by atoms with Crippen LogP contribution in [-0.4, -0.2) is 60.0 Å². The Bertz CT molecular complexity index is 1250. The molecule has 10 heteroatoms. The fourth-order valence-electron chi connectivity index (χ4n) is 3.83. The minimum atomic E-state index is -0.965. The molecule has 2 amide bonds. The average Bonchev–Trinajstić information content (AvgIpc) is 3.30. The van der Waals surface area contributed by atoms with Crippen molar-refractivity contribution in [1.82, 2.24) is 20.9 Å². The number of halogens is 1.